The molecule has 0 radical (unpaired) electrons. The van der Waals surface area contributed by atoms with E-state index in [1.54, 1.807) is 0 Å². The van der Waals surface area contributed by atoms with Crippen LogP contribution in [0.3, 0.4) is 0 Å². The van der Waals surface area contributed by atoms with Gasteiger partial charge in [-0.2, -0.15) is 0 Å². The average molecular weight is 346 g/mol. The molecular formula is C13H8BrClF2N2. The van der Waals surface area contributed by atoms with Gasteiger partial charge in [-0.3, -0.25) is 0 Å². The molecule has 0 atom stereocenters. The summed E-state index contributed by atoms with van der Waals surface area (Å²) in [4.78, 5) is 8.38. The van der Waals surface area contributed by atoms with E-state index in [9.17, 15) is 8.78 Å². The molecule has 6 heteroatoms. The summed E-state index contributed by atoms with van der Waals surface area (Å²) in [5, 5.41) is 0.334. The van der Waals surface area contributed by atoms with Crippen molar-refractivity contribution >= 4 is 27.5 Å². The Balaban J connectivity index is 2.18. The van der Waals surface area contributed by atoms with Crippen LogP contribution >= 0.6 is 27.5 Å². The molecule has 1 aromatic carbocycles. The van der Waals surface area contributed by atoms with Crippen LogP contribution in [0, 0.1) is 11.6 Å². The van der Waals surface area contributed by atoms with Crippen molar-refractivity contribution in [3.63, 3.8) is 0 Å². The minimum Gasteiger partial charge on any atom is -0.233 e. The van der Waals surface area contributed by atoms with Crippen molar-refractivity contribution in [2.24, 2.45) is 0 Å². The van der Waals surface area contributed by atoms with Gasteiger partial charge in [0.05, 0.1) is 10.0 Å². The maximum absolute atomic E-state index is 13.9. The lowest BCUT2D eigenvalue weighted by Crippen LogP contribution is -1.99. The molecule has 0 bridgehead atoms. The third-order valence-corrected chi connectivity index (χ3v) is 4.05. The molecule has 1 aliphatic rings. The van der Waals surface area contributed by atoms with E-state index in [1.807, 2.05) is 0 Å². The topological polar surface area (TPSA) is 25.8 Å². The second-order valence-corrected chi connectivity index (χ2v) is 5.58. The van der Waals surface area contributed by atoms with Crippen LogP contribution in [0.2, 0.25) is 5.15 Å². The lowest BCUT2D eigenvalue weighted by atomic mass is 10.1. The van der Waals surface area contributed by atoms with Gasteiger partial charge in [0.15, 0.2) is 5.82 Å². The first-order valence-electron chi connectivity index (χ1n) is 5.76. The Bertz CT molecular complexity index is 676. The van der Waals surface area contributed by atoms with Crippen LogP contribution in [0.1, 0.15) is 17.7 Å². The van der Waals surface area contributed by atoms with Crippen molar-refractivity contribution in [3.8, 4) is 11.4 Å². The molecule has 2 nitrogen and oxygen atoms in total. The molecule has 0 aliphatic heterocycles. The molecule has 0 spiro atoms. The second kappa shape index (κ2) is 4.80. The number of rotatable bonds is 1. The number of halogens is 4. The van der Waals surface area contributed by atoms with E-state index in [0.29, 0.717) is 5.15 Å². The van der Waals surface area contributed by atoms with E-state index in [-0.39, 0.29) is 15.9 Å². The molecule has 0 saturated heterocycles. The summed E-state index contributed by atoms with van der Waals surface area (Å²) in [6.45, 7) is 0. The first-order chi connectivity index (χ1) is 9.06. The zero-order chi connectivity index (χ0) is 13.6. The summed E-state index contributed by atoms with van der Waals surface area (Å²) < 4.78 is 27.5. The molecule has 3 rings (SSSR count). The number of fused-ring (bicyclic) bond motifs is 1. The predicted molar refractivity (Wildman–Crippen MR) is 72.1 cm³/mol. The number of hydrogen-bond acceptors (Lipinski definition) is 2. The normalized spacial score (nSPS) is 13.7. The quantitative estimate of drug-likeness (QED) is 0.568. The molecule has 0 amide bonds. The van der Waals surface area contributed by atoms with Crippen molar-refractivity contribution in [2.75, 3.05) is 0 Å². The zero-order valence-corrected chi connectivity index (χ0v) is 12.0. The average Bonchev–Trinajstić information content (AvgIpc) is 2.82. The number of benzene rings is 1. The Morgan fingerprint density at radius 1 is 1.11 bits per heavy atom. The minimum absolute atomic E-state index is 0.0253. The largest absolute Gasteiger partial charge is 0.233 e. The van der Waals surface area contributed by atoms with Crippen LogP contribution < -0.4 is 0 Å². The highest BCUT2D eigenvalue weighted by Crippen LogP contribution is 2.31. The van der Waals surface area contributed by atoms with Gasteiger partial charge in [0.2, 0.25) is 0 Å². The Hall–Kier alpha value is -1.07. The zero-order valence-electron chi connectivity index (χ0n) is 9.68. The third-order valence-electron chi connectivity index (χ3n) is 3.13. The fourth-order valence-corrected chi connectivity index (χ4v) is 2.80. The maximum Gasteiger partial charge on any atom is 0.164 e. The van der Waals surface area contributed by atoms with E-state index >= 15 is 0 Å². The number of aromatic nitrogens is 2. The van der Waals surface area contributed by atoms with Gasteiger partial charge >= 0.3 is 0 Å². The van der Waals surface area contributed by atoms with E-state index in [1.165, 1.54) is 0 Å². The summed E-state index contributed by atoms with van der Waals surface area (Å²) in [5.41, 5.74) is 1.78. The van der Waals surface area contributed by atoms with Crippen LogP contribution in [0.4, 0.5) is 8.78 Å². The van der Waals surface area contributed by atoms with Gasteiger partial charge in [-0.25, -0.2) is 18.7 Å². The van der Waals surface area contributed by atoms with Crippen molar-refractivity contribution in [2.45, 2.75) is 19.3 Å². The van der Waals surface area contributed by atoms with Crippen LogP contribution in [0.15, 0.2) is 16.6 Å². The highest BCUT2D eigenvalue weighted by atomic mass is 79.9. The van der Waals surface area contributed by atoms with Crippen molar-refractivity contribution < 1.29 is 8.78 Å². The van der Waals surface area contributed by atoms with Gasteiger partial charge in [-0.15, -0.1) is 0 Å². The SMILES string of the molecule is Fc1cc(-c2nc(Cl)c3c(n2)CCC3)c(F)cc1Br. The van der Waals surface area contributed by atoms with Crippen molar-refractivity contribution in [3.05, 3.63) is 44.7 Å². The fourth-order valence-electron chi connectivity index (χ4n) is 2.20. The summed E-state index contributed by atoms with van der Waals surface area (Å²) in [7, 11) is 0. The van der Waals surface area contributed by atoms with Gasteiger partial charge in [-0.05, 0) is 47.3 Å². The molecule has 0 fully saturated rings. The standard InChI is InChI=1S/C13H8BrClF2N2/c14-8-5-9(16)7(4-10(8)17)13-18-11-3-1-2-6(11)12(15)19-13/h4-5H,1-3H2. The van der Waals surface area contributed by atoms with Gasteiger partial charge in [0.1, 0.15) is 16.8 Å². The number of nitrogens with zero attached hydrogens (tertiary/aromatic N) is 2. The lowest BCUT2D eigenvalue weighted by molar-refractivity contribution is 0.596. The smallest absolute Gasteiger partial charge is 0.164 e. The maximum atomic E-state index is 13.9. The summed E-state index contributed by atoms with van der Waals surface area (Å²) in [6, 6.07) is 2.14. The molecule has 19 heavy (non-hydrogen) atoms. The molecule has 0 N–H and O–H groups in total. The molecule has 0 saturated carbocycles. The lowest BCUT2D eigenvalue weighted by Gasteiger charge is -2.07. The number of aryl methyl sites for hydroxylation is 1. The molecule has 2 aromatic rings. The van der Waals surface area contributed by atoms with Crippen LogP contribution in [-0.2, 0) is 12.8 Å². The van der Waals surface area contributed by atoms with Crippen LogP contribution in [0.25, 0.3) is 11.4 Å². The Kier molecular flexibility index (Phi) is 3.27. The Morgan fingerprint density at radius 3 is 2.68 bits per heavy atom. The van der Waals surface area contributed by atoms with Gasteiger partial charge in [0, 0.05) is 11.3 Å². The van der Waals surface area contributed by atoms with E-state index in [4.69, 9.17) is 11.6 Å². The molecular weight excluding hydrogens is 338 g/mol. The van der Waals surface area contributed by atoms with E-state index in [2.05, 4.69) is 25.9 Å². The first-order valence-corrected chi connectivity index (χ1v) is 6.93. The van der Waals surface area contributed by atoms with E-state index in [0.717, 1.165) is 42.7 Å². The third kappa shape index (κ3) is 2.25. The van der Waals surface area contributed by atoms with Gasteiger partial charge < -0.3 is 0 Å². The fraction of sp³-hybridized carbons (Fsp3) is 0.231. The molecule has 0 unspecified atom stereocenters. The Labute approximate surface area is 122 Å². The van der Waals surface area contributed by atoms with Crippen LogP contribution in [-0.4, -0.2) is 9.97 Å². The van der Waals surface area contributed by atoms with Crippen LogP contribution in [0.5, 0.6) is 0 Å². The minimum atomic E-state index is -0.581. The highest BCUT2D eigenvalue weighted by Gasteiger charge is 2.20. The molecule has 1 aliphatic carbocycles. The van der Waals surface area contributed by atoms with Gasteiger partial charge in [0.25, 0.3) is 0 Å². The van der Waals surface area contributed by atoms with Crippen molar-refractivity contribution in [1.82, 2.24) is 9.97 Å². The van der Waals surface area contributed by atoms with E-state index < -0.39 is 11.6 Å². The monoisotopic (exact) mass is 344 g/mol. The summed E-state index contributed by atoms with van der Waals surface area (Å²) in [6.07, 6.45) is 2.60. The number of hydrogen-bond donors (Lipinski definition) is 0. The molecule has 1 heterocycles. The predicted octanol–water partition coefficient (Wildman–Crippen LogP) is 4.33. The first kappa shape index (κ1) is 12.9. The molecule has 1 aromatic heterocycles. The second-order valence-electron chi connectivity index (χ2n) is 4.36. The summed E-state index contributed by atoms with van der Waals surface area (Å²) >= 11 is 9.01. The molecule has 98 valence electrons. The Morgan fingerprint density at radius 2 is 1.89 bits per heavy atom. The van der Waals surface area contributed by atoms with Gasteiger partial charge in [-0.1, -0.05) is 11.6 Å². The van der Waals surface area contributed by atoms with Crippen molar-refractivity contribution in [1.29, 1.82) is 0 Å². The summed E-state index contributed by atoms with van der Waals surface area (Å²) in [5.74, 6) is -1.01. The highest BCUT2D eigenvalue weighted by molar-refractivity contribution is 9.10.